The Hall–Kier alpha value is -0.730. The first-order valence-electron chi connectivity index (χ1n) is 6.14. The molecule has 0 saturated heterocycles. The van der Waals surface area contributed by atoms with Crippen molar-refractivity contribution in [1.29, 1.82) is 0 Å². The Balaban J connectivity index is 3.57. The Bertz CT molecular complexity index is 171. The molecule has 2 N–H and O–H groups in total. The van der Waals surface area contributed by atoms with Crippen molar-refractivity contribution in [3.63, 3.8) is 0 Å². The van der Waals surface area contributed by atoms with Gasteiger partial charge < -0.3 is 10.6 Å². The summed E-state index contributed by atoms with van der Waals surface area (Å²) in [5, 5.41) is 5.81. The van der Waals surface area contributed by atoms with Crippen LogP contribution in [0.15, 0.2) is 0 Å². The lowest BCUT2D eigenvalue weighted by molar-refractivity contribution is 0.235. The van der Waals surface area contributed by atoms with Crippen LogP contribution in [0.5, 0.6) is 0 Å². The number of urea groups is 1. The molecular formula is C12H26N2O. The molecule has 90 valence electrons. The summed E-state index contributed by atoms with van der Waals surface area (Å²) < 4.78 is 0. The molecule has 0 rings (SSSR count). The molecule has 3 nitrogen and oxygen atoms in total. The molecular weight excluding hydrogens is 188 g/mol. The van der Waals surface area contributed by atoms with E-state index in [0.29, 0.717) is 5.92 Å². The van der Waals surface area contributed by atoms with E-state index in [1.165, 1.54) is 6.42 Å². The van der Waals surface area contributed by atoms with Crippen molar-refractivity contribution < 1.29 is 4.79 Å². The average Bonchev–Trinajstić information content (AvgIpc) is 2.17. The van der Waals surface area contributed by atoms with Gasteiger partial charge in [0.2, 0.25) is 0 Å². The normalized spacial score (nSPS) is 14.4. The number of carbonyl (C=O) groups excluding carboxylic acids is 1. The zero-order chi connectivity index (χ0) is 11.7. The second-order valence-electron chi connectivity index (χ2n) is 4.40. The number of hydrogen-bond donors (Lipinski definition) is 2. The number of rotatable bonds is 7. The number of carbonyl (C=O) groups is 1. The summed E-state index contributed by atoms with van der Waals surface area (Å²) in [6.07, 6.45) is 4.39. The second kappa shape index (κ2) is 8.57. The lowest BCUT2D eigenvalue weighted by Gasteiger charge is -2.17. The smallest absolute Gasteiger partial charge is 0.314 e. The minimum Gasteiger partial charge on any atom is -0.338 e. The highest BCUT2D eigenvalue weighted by Crippen LogP contribution is 2.08. The summed E-state index contributed by atoms with van der Waals surface area (Å²) in [6.45, 7) is 9.35. The van der Waals surface area contributed by atoms with E-state index in [0.717, 1.165) is 25.8 Å². The predicted octanol–water partition coefficient (Wildman–Crippen LogP) is 2.91. The van der Waals surface area contributed by atoms with Gasteiger partial charge in [-0.05, 0) is 25.7 Å². The highest BCUT2D eigenvalue weighted by atomic mass is 16.2. The standard InChI is InChI=1S/C12H26N2O/c1-5-7-8-13-12(15)14-11(4)9-10(3)6-2/h10-11H,5-9H2,1-4H3,(H2,13,14,15). The third-order valence-corrected chi connectivity index (χ3v) is 2.65. The summed E-state index contributed by atoms with van der Waals surface area (Å²) in [5.74, 6) is 0.677. The molecule has 0 aromatic heterocycles. The van der Waals surface area contributed by atoms with Crippen LogP contribution in [0.25, 0.3) is 0 Å². The highest BCUT2D eigenvalue weighted by Gasteiger charge is 2.09. The first kappa shape index (κ1) is 14.3. The van der Waals surface area contributed by atoms with Crippen molar-refractivity contribution in [3.05, 3.63) is 0 Å². The van der Waals surface area contributed by atoms with E-state index in [-0.39, 0.29) is 12.1 Å². The molecule has 0 aliphatic heterocycles. The molecule has 0 aliphatic carbocycles. The molecule has 2 unspecified atom stereocenters. The van der Waals surface area contributed by atoms with Crippen LogP contribution in [-0.4, -0.2) is 18.6 Å². The van der Waals surface area contributed by atoms with Crippen LogP contribution in [0.4, 0.5) is 4.79 Å². The van der Waals surface area contributed by atoms with Crippen LogP contribution in [-0.2, 0) is 0 Å². The van der Waals surface area contributed by atoms with Crippen molar-refractivity contribution >= 4 is 6.03 Å². The van der Waals surface area contributed by atoms with Gasteiger partial charge in [-0.3, -0.25) is 0 Å². The maximum atomic E-state index is 11.4. The molecule has 0 bridgehead atoms. The van der Waals surface area contributed by atoms with Gasteiger partial charge in [0.25, 0.3) is 0 Å². The SMILES string of the molecule is CCCCNC(=O)NC(C)CC(C)CC. The van der Waals surface area contributed by atoms with E-state index in [1.54, 1.807) is 0 Å². The number of amides is 2. The van der Waals surface area contributed by atoms with Crippen molar-refractivity contribution in [1.82, 2.24) is 10.6 Å². The van der Waals surface area contributed by atoms with E-state index in [4.69, 9.17) is 0 Å². The zero-order valence-corrected chi connectivity index (χ0v) is 10.6. The zero-order valence-electron chi connectivity index (χ0n) is 10.6. The third kappa shape index (κ3) is 8.28. The molecule has 0 fully saturated rings. The fourth-order valence-corrected chi connectivity index (χ4v) is 1.48. The molecule has 0 spiro atoms. The minimum absolute atomic E-state index is 0.0285. The van der Waals surface area contributed by atoms with Crippen LogP contribution < -0.4 is 10.6 Å². The number of hydrogen-bond acceptors (Lipinski definition) is 1. The van der Waals surface area contributed by atoms with E-state index in [1.807, 2.05) is 0 Å². The molecule has 2 atom stereocenters. The van der Waals surface area contributed by atoms with Crippen molar-refractivity contribution in [2.24, 2.45) is 5.92 Å². The van der Waals surface area contributed by atoms with Gasteiger partial charge in [0.15, 0.2) is 0 Å². The fraction of sp³-hybridized carbons (Fsp3) is 0.917. The van der Waals surface area contributed by atoms with Crippen LogP contribution >= 0.6 is 0 Å². The Morgan fingerprint density at radius 1 is 1.27 bits per heavy atom. The number of nitrogens with one attached hydrogen (secondary N) is 2. The summed E-state index contributed by atoms with van der Waals surface area (Å²) in [5.41, 5.74) is 0. The van der Waals surface area contributed by atoms with Crippen molar-refractivity contribution in [2.45, 2.75) is 59.4 Å². The van der Waals surface area contributed by atoms with Gasteiger partial charge in [0.05, 0.1) is 0 Å². The molecule has 0 radical (unpaired) electrons. The summed E-state index contributed by atoms with van der Waals surface area (Å²) >= 11 is 0. The molecule has 0 aromatic rings. The van der Waals surface area contributed by atoms with Gasteiger partial charge in [-0.2, -0.15) is 0 Å². The van der Waals surface area contributed by atoms with Crippen molar-refractivity contribution in [3.8, 4) is 0 Å². The van der Waals surface area contributed by atoms with Gasteiger partial charge in [-0.25, -0.2) is 4.79 Å². The van der Waals surface area contributed by atoms with Crippen LogP contribution in [0.3, 0.4) is 0 Å². The van der Waals surface area contributed by atoms with Gasteiger partial charge in [0, 0.05) is 12.6 Å². The number of unbranched alkanes of at least 4 members (excludes halogenated alkanes) is 1. The summed E-state index contributed by atoms with van der Waals surface area (Å²) in [7, 11) is 0. The van der Waals surface area contributed by atoms with Crippen molar-refractivity contribution in [2.75, 3.05) is 6.54 Å². The predicted molar refractivity (Wildman–Crippen MR) is 65.0 cm³/mol. The van der Waals surface area contributed by atoms with Gasteiger partial charge in [0.1, 0.15) is 0 Å². The van der Waals surface area contributed by atoms with Gasteiger partial charge in [-0.15, -0.1) is 0 Å². The molecule has 0 aliphatic rings. The van der Waals surface area contributed by atoms with Gasteiger partial charge >= 0.3 is 6.03 Å². The topological polar surface area (TPSA) is 41.1 Å². The Morgan fingerprint density at radius 3 is 2.47 bits per heavy atom. The Labute approximate surface area is 94.0 Å². The largest absolute Gasteiger partial charge is 0.338 e. The first-order valence-corrected chi connectivity index (χ1v) is 6.14. The molecule has 0 heterocycles. The Morgan fingerprint density at radius 2 is 1.93 bits per heavy atom. The molecule has 0 aromatic carbocycles. The maximum Gasteiger partial charge on any atom is 0.314 e. The lowest BCUT2D eigenvalue weighted by Crippen LogP contribution is -2.41. The van der Waals surface area contributed by atoms with E-state index in [9.17, 15) is 4.79 Å². The van der Waals surface area contributed by atoms with E-state index >= 15 is 0 Å². The molecule has 15 heavy (non-hydrogen) atoms. The van der Waals surface area contributed by atoms with E-state index in [2.05, 4.69) is 38.3 Å². The molecule has 2 amide bonds. The first-order chi connectivity index (χ1) is 7.10. The quantitative estimate of drug-likeness (QED) is 0.629. The average molecular weight is 214 g/mol. The molecule has 3 heteroatoms. The summed E-state index contributed by atoms with van der Waals surface area (Å²) in [4.78, 5) is 11.4. The fourth-order valence-electron chi connectivity index (χ4n) is 1.48. The monoisotopic (exact) mass is 214 g/mol. The van der Waals surface area contributed by atoms with Crippen LogP contribution in [0.1, 0.15) is 53.4 Å². The van der Waals surface area contributed by atoms with Gasteiger partial charge in [-0.1, -0.05) is 33.6 Å². The van der Waals surface area contributed by atoms with Crippen LogP contribution in [0.2, 0.25) is 0 Å². The summed E-state index contributed by atoms with van der Waals surface area (Å²) in [6, 6.07) is 0.237. The van der Waals surface area contributed by atoms with Crippen LogP contribution in [0, 0.1) is 5.92 Å². The minimum atomic E-state index is -0.0285. The third-order valence-electron chi connectivity index (χ3n) is 2.65. The Kier molecular flexibility index (Phi) is 8.15. The highest BCUT2D eigenvalue weighted by molar-refractivity contribution is 5.74. The maximum absolute atomic E-state index is 11.4. The second-order valence-corrected chi connectivity index (χ2v) is 4.40. The molecule has 0 saturated carbocycles. The lowest BCUT2D eigenvalue weighted by atomic mass is 10.0. The van der Waals surface area contributed by atoms with E-state index < -0.39 is 0 Å².